The molecule has 0 radical (unpaired) electrons. The predicted molar refractivity (Wildman–Crippen MR) is 74.8 cm³/mol. The van der Waals surface area contributed by atoms with Crippen molar-refractivity contribution < 1.29 is 9.47 Å². The number of thiophene rings is 1. The summed E-state index contributed by atoms with van der Waals surface area (Å²) in [6.07, 6.45) is 0. The first-order valence-corrected chi connectivity index (χ1v) is 6.60. The highest BCUT2D eigenvalue weighted by Crippen LogP contribution is 2.34. The number of rotatable bonds is 5. The van der Waals surface area contributed by atoms with Gasteiger partial charge in [0, 0.05) is 16.5 Å². The molecule has 2 aromatic rings. The van der Waals surface area contributed by atoms with Crippen LogP contribution < -0.4 is 14.8 Å². The molecule has 1 heterocycles. The van der Waals surface area contributed by atoms with Crippen molar-refractivity contribution >= 4 is 11.3 Å². The zero-order valence-corrected chi connectivity index (χ0v) is 11.6. The maximum atomic E-state index is 5.45. The molecule has 1 N–H and O–H groups in total. The van der Waals surface area contributed by atoms with Crippen molar-refractivity contribution in [3.63, 3.8) is 0 Å². The quantitative estimate of drug-likeness (QED) is 0.899. The van der Waals surface area contributed by atoms with Crippen molar-refractivity contribution in [2.24, 2.45) is 0 Å². The van der Waals surface area contributed by atoms with E-state index in [0.717, 1.165) is 17.1 Å². The minimum absolute atomic E-state index is 0.144. The van der Waals surface area contributed by atoms with Crippen LogP contribution in [0.5, 0.6) is 11.5 Å². The zero-order valence-electron chi connectivity index (χ0n) is 10.8. The molecule has 0 saturated heterocycles. The topological polar surface area (TPSA) is 30.5 Å². The van der Waals surface area contributed by atoms with Crippen molar-refractivity contribution in [3.05, 3.63) is 46.2 Å². The highest BCUT2D eigenvalue weighted by Gasteiger charge is 2.17. The number of hydrogen-bond donors (Lipinski definition) is 1. The summed E-state index contributed by atoms with van der Waals surface area (Å²) in [5.41, 5.74) is 1.11. The molecule has 1 aromatic carbocycles. The fraction of sp³-hybridized carbons (Fsp3) is 0.286. The molecule has 0 bridgehead atoms. The first-order chi connectivity index (χ1) is 8.80. The second-order valence-corrected chi connectivity index (χ2v) is 4.82. The molecule has 0 saturated carbocycles. The fourth-order valence-corrected chi connectivity index (χ4v) is 2.82. The van der Waals surface area contributed by atoms with Crippen LogP contribution in [0.15, 0.2) is 35.7 Å². The Kier molecular flexibility index (Phi) is 4.23. The average molecular weight is 263 g/mol. The molecule has 96 valence electrons. The van der Waals surface area contributed by atoms with E-state index in [0.29, 0.717) is 0 Å². The van der Waals surface area contributed by atoms with Crippen molar-refractivity contribution in [2.75, 3.05) is 21.3 Å². The lowest BCUT2D eigenvalue weighted by Gasteiger charge is -2.18. The number of methoxy groups -OCH3 is 2. The lowest BCUT2D eigenvalue weighted by Crippen LogP contribution is -2.17. The van der Waals surface area contributed by atoms with Gasteiger partial charge in [0.05, 0.1) is 20.3 Å². The molecule has 0 spiro atoms. The third kappa shape index (κ3) is 2.49. The Balaban J connectivity index is 2.42. The Labute approximate surface area is 111 Å². The molecule has 1 unspecified atom stereocenters. The Morgan fingerprint density at radius 2 is 2.00 bits per heavy atom. The maximum absolute atomic E-state index is 5.45. The predicted octanol–water partition coefficient (Wildman–Crippen LogP) is 3.07. The van der Waals surface area contributed by atoms with Gasteiger partial charge in [0.2, 0.25) is 0 Å². The second-order valence-electron chi connectivity index (χ2n) is 3.84. The molecule has 18 heavy (non-hydrogen) atoms. The van der Waals surface area contributed by atoms with Crippen molar-refractivity contribution in [3.8, 4) is 11.5 Å². The molecule has 1 aromatic heterocycles. The Bertz CT molecular complexity index is 497. The van der Waals surface area contributed by atoms with E-state index in [1.54, 1.807) is 25.6 Å². The van der Waals surface area contributed by atoms with Gasteiger partial charge in [0.25, 0.3) is 0 Å². The lowest BCUT2D eigenvalue weighted by molar-refractivity contribution is 0.388. The molecule has 0 fully saturated rings. The summed E-state index contributed by atoms with van der Waals surface area (Å²) in [4.78, 5) is 1.26. The van der Waals surface area contributed by atoms with Gasteiger partial charge in [-0.15, -0.1) is 11.3 Å². The number of ether oxygens (including phenoxy) is 2. The minimum Gasteiger partial charge on any atom is -0.497 e. The van der Waals surface area contributed by atoms with Crippen LogP contribution in [0.1, 0.15) is 16.5 Å². The lowest BCUT2D eigenvalue weighted by atomic mass is 10.0. The van der Waals surface area contributed by atoms with Crippen LogP contribution in [0.2, 0.25) is 0 Å². The van der Waals surface area contributed by atoms with Gasteiger partial charge in [-0.1, -0.05) is 6.07 Å². The molecule has 0 aliphatic carbocycles. The van der Waals surface area contributed by atoms with Crippen LogP contribution in [0.3, 0.4) is 0 Å². The van der Waals surface area contributed by atoms with E-state index in [9.17, 15) is 0 Å². The first kappa shape index (κ1) is 12.9. The van der Waals surface area contributed by atoms with Crippen LogP contribution >= 0.6 is 11.3 Å². The molecule has 4 heteroatoms. The first-order valence-electron chi connectivity index (χ1n) is 5.72. The van der Waals surface area contributed by atoms with E-state index < -0.39 is 0 Å². The maximum Gasteiger partial charge on any atom is 0.127 e. The molecule has 0 amide bonds. The smallest absolute Gasteiger partial charge is 0.127 e. The molecule has 3 nitrogen and oxygen atoms in total. The molecular weight excluding hydrogens is 246 g/mol. The van der Waals surface area contributed by atoms with Gasteiger partial charge in [-0.05, 0) is 30.6 Å². The highest BCUT2D eigenvalue weighted by atomic mass is 32.1. The number of hydrogen-bond acceptors (Lipinski definition) is 4. The summed E-state index contributed by atoms with van der Waals surface area (Å²) in [6.45, 7) is 0. The summed E-state index contributed by atoms with van der Waals surface area (Å²) in [7, 11) is 5.29. The van der Waals surface area contributed by atoms with Crippen molar-refractivity contribution in [1.29, 1.82) is 0 Å². The Morgan fingerprint density at radius 1 is 1.17 bits per heavy atom. The molecule has 1 atom stereocenters. The monoisotopic (exact) mass is 263 g/mol. The van der Waals surface area contributed by atoms with Gasteiger partial charge in [-0.25, -0.2) is 0 Å². The SMILES string of the molecule is CNC(c1cccs1)c1ccc(OC)cc1OC. The largest absolute Gasteiger partial charge is 0.497 e. The summed E-state index contributed by atoms with van der Waals surface area (Å²) >= 11 is 1.73. The van der Waals surface area contributed by atoms with Gasteiger partial charge in [-0.2, -0.15) is 0 Å². The fourth-order valence-electron chi connectivity index (χ4n) is 1.96. The molecule has 0 aliphatic heterocycles. The van der Waals surface area contributed by atoms with Crippen molar-refractivity contribution in [2.45, 2.75) is 6.04 Å². The van der Waals surface area contributed by atoms with Gasteiger partial charge >= 0.3 is 0 Å². The minimum atomic E-state index is 0.144. The second kappa shape index (κ2) is 5.89. The third-order valence-electron chi connectivity index (χ3n) is 2.87. The van der Waals surface area contributed by atoms with Gasteiger partial charge < -0.3 is 14.8 Å². The van der Waals surface area contributed by atoms with Crippen LogP contribution in [0, 0.1) is 0 Å². The van der Waals surface area contributed by atoms with Crippen LogP contribution in [-0.4, -0.2) is 21.3 Å². The zero-order chi connectivity index (χ0) is 13.0. The summed E-state index contributed by atoms with van der Waals surface area (Å²) in [5.74, 6) is 1.64. The van der Waals surface area contributed by atoms with Crippen LogP contribution in [0.4, 0.5) is 0 Å². The van der Waals surface area contributed by atoms with Gasteiger partial charge in [-0.3, -0.25) is 0 Å². The highest BCUT2D eigenvalue weighted by molar-refractivity contribution is 7.10. The summed E-state index contributed by atoms with van der Waals surface area (Å²) in [6, 6.07) is 10.2. The van der Waals surface area contributed by atoms with Crippen LogP contribution in [0.25, 0.3) is 0 Å². The van der Waals surface area contributed by atoms with E-state index in [-0.39, 0.29) is 6.04 Å². The average Bonchev–Trinajstić information content (AvgIpc) is 2.94. The van der Waals surface area contributed by atoms with E-state index in [1.165, 1.54) is 4.88 Å². The van der Waals surface area contributed by atoms with E-state index in [4.69, 9.17) is 9.47 Å². The van der Waals surface area contributed by atoms with Gasteiger partial charge in [0.15, 0.2) is 0 Å². The standard InChI is InChI=1S/C14H17NO2S/c1-15-14(13-5-4-8-18-13)11-7-6-10(16-2)9-12(11)17-3/h4-9,14-15H,1-3H3. The summed E-state index contributed by atoms with van der Waals surface area (Å²) in [5, 5.41) is 5.40. The third-order valence-corrected chi connectivity index (χ3v) is 3.81. The van der Waals surface area contributed by atoms with E-state index in [1.807, 2.05) is 25.2 Å². The van der Waals surface area contributed by atoms with Crippen LogP contribution in [-0.2, 0) is 0 Å². The van der Waals surface area contributed by atoms with Crippen molar-refractivity contribution in [1.82, 2.24) is 5.32 Å². The molecule has 2 rings (SSSR count). The van der Waals surface area contributed by atoms with E-state index >= 15 is 0 Å². The number of nitrogens with one attached hydrogen (secondary N) is 1. The normalized spacial score (nSPS) is 12.2. The Morgan fingerprint density at radius 3 is 2.56 bits per heavy atom. The number of benzene rings is 1. The molecular formula is C14H17NO2S. The Hall–Kier alpha value is -1.52. The van der Waals surface area contributed by atoms with Gasteiger partial charge in [0.1, 0.15) is 11.5 Å². The van der Waals surface area contributed by atoms with E-state index in [2.05, 4.69) is 22.8 Å². The molecule has 0 aliphatic rings. The summed E-state index contributed by atoms with van der Waals surface area (Å²) < 4.78 is 10.7.